The number of benzene rings is 3. The molecule has 0 spiro atoms. The maximum absolute atomic E-state index is 7.12. The maximum Gasteiger partial charge on any atom is 0.119 e. The van der Waals surface area contributed by atoms with Crippen molar-refractivity contribution in [3.8, 4) is 11.5 Å². The lowest BCUT2D eigenvalue weighted by Crippen LogP contribution is -2.55. The molecule has 10 atom stereocenters. The quantitative estimate of drug-likeness (QED) is 0.104. The first kappa shape index (κ1) is 37.0. The normalized spacial score (nSPS) is 27.9. The van der Waals surface area contributed by atoms with Crippen LogP contribution in [0.5, 0.6) is 11.5 Å². The van der Waals surface area contributed by atoms with Crippen LogP contribution in [-0.2, 0) is 22.7 Å². The minimum absolute atomic E-state index is 0.127. The molecule has 8 nitrogen and oxygen atoms in total. The van der Waals surface area contributed by atoms with Crippen molar-refractivity contribution >= 4 is 21.8 Å². The van der Waals surface area contributed by atoms with Crippen LogP contribution in [0.2, 0.25) is 0 Å². The first-order chi connectivity index (χ1) is 27.5. The van der Waals surface area contributed by atoms with Crippen LogP contribution in [0.15, 0.2) is 111 Å². The predicted molar refractivity (Wildman–Crippen MR) is 222 cm³/mol. The number of rotatable bonds is 14. The molecule has 8 heteroatoms. The van der Waals surface area contributed by atoms with Gasteiger partial charge in [0.25, 0.3) is 0 Å². The molecule has 6 fully saturated rings. The molecule has 6 aliphatic heterocycles. The summed E-state index contributed by atoms with van der Waals surface area (Å²) in [5.41, 5.74) is 6.51. The van der Waals surface area contributed by atoms with Gasteiger partial charge in [-0.15, -0.1) is 13.2 Å². The average molecular weight is 751 g/mol. The van der Waals surface area contributed by atoms with Gasteiger partial charge in [-0.25, -0.2) is 0 Å². The molecular formula is C48H54N4O4. The van der Waals surface area contributed by atoms with Crippen LogP contribution in [0.25, 0.3) is 21.8 Å². The fourth-order valence-electron chi connectivity index (χ4n) is 10.4. The van der Waals surface area contributed by atoms with E-state index in [-0.39, 0.29) is 24.3 Å². The number of hydrogen-bond donors (Lipinski definition) is 0. The zero-order chi connectivity index (χ0) is 38.2. The Morgan fingerprint density at radius 1 is 0.661 bits per heavy atom. The third kappa shape index (κ3) is 7.13. The van der Waals surface area contributed by atoms with Crippen LogP contribution in [0, 0.1) is 23.7 Å². The zero-order valence-corrected chi connectivity index (χ0v) is 32.8. The van der Waals surface area contributed by atoms with Crippen LogP contribution in [0.3, 0.4) is 0 Å². The summed E-state index contributed by atoms with van der Waals surface area (Å²) in [7, 11) is 3.44. The molecule has 6 aliphatic rings. The third-order valence-corrected chi connectivity index (χ3v) is 13.4. The number of ether oxygens (including phenoxy) is 4. The second-order valence-corrected chi connectivity index (χ2v) is 16.3. The van der Waals surface area contributed by atoms with Crippen LogP contribution in [0.1, 0.15) is 60.1 Å². The van der Waals surface area contributed by atoms with Gasteiger partial charge in [0.1, 0.15) is 11.5 Å². The predicted octanol–water partition coefficient (Wildman–Crippen LogP) is 9.11. The lowest BCUT2D eigenvalue weighted by molar-refractivity contribution is -0.0813. The molecule has 8 heterocycles. The highest BCUT2D eigenvalue weighted by Gasteiger charge is 2.45. The van der Waals surface area contributed by atoms with Gasteiger partial charge in [-0.1, -0.05) is 36.4 Å². The summed E-state index contributed by atoms with van der Waals surface area (Å²) in [4.78, 5) is 14.7. The molecule has 2 aromatic heterocycles. The summed E-state index contributed by atoms with van der Waals surface area (Å²) in [6.45, 7) is 13.6. The van der Waals surface area contributed by atoms with Gasteiger partial charge in [0.2, 0.25) is 0 Å². The van der Waals surface area contributed by atoms with Crippen molar-refractivity contribution in [1.82, 2.24) is 19.8 Å². The summed E-state index contributed by atoms with van der Waals surface area (Å²) < 4.78 is 25.6. The Morgan fingerprint density at radius 3 is 1.55 bits per heavy atom. The van der Waals surface area contributed by atoms with Crippen LogP contribution >= 0.6 is 0 Å². The molecular weight excluding hydrogens is 697 g/mol. The van der Waals surface area contributed by atoms with Crippen LogP contribution in [0.4, 0.5) is 0 Å². The highest BCUT2D eigenvalue weighted by Crippen LogP contribution is 2.46. The number of fused-ring (bicyclic) bond motifs is 8. The second kappa shape index (κ2) is 16.1. The smallest absolute Gasteiger partial charge is 0.119 e. The largest absolute Gasteiger partial charge is 0.497 e. The molecule has 2 unspecified atom stereocenters. The molecule has 56 heavy (non-hydrogen) atoms. The van der Waals surface area contributed by atoms with Gasteiger partial charge in [-0.3, -0.25) is 19.8 Å². The lowest BCUT2D eigenvalue weighted by atomic mass is 9.73. The standard InChI is InChI=1S/C48H54N4O4/c1-5-33-27-51-20-16-35(33)23-45(51)47(39-14-18-49-43-12-10-37(53-3)25-41(39)43)55-29-31-8-7-9-32(22-31)30-56-48(46-24-36-17-21-52(46)28-34(36)6-2)40-15-19-50-44-13-11-38(54-4)26-42(40)44/h5-15,18-19,22,25-26,33-36,45-48H,1-2,16-17,20-21,23-24,27-30H2,3-4H3/t33-,34-,35-,36-,45+,46+,47-,48-/m0/s1. The number of methoxy groups -OCH3 is 2. The van der Waals surface area contributed by atoms with Crippen molar-refractivity contribution in [1.29, 1.82) is 0 Å². The molecule has 0 radical (unpaired) electrons. The first-order valence-corrected chi connectivity index (χ1v) is 20.4. The Balaban J connectivity index is 0.991. The molecule has 0 amide bonds. The molecule has 0 saturated carbocycles. The number of hydrogen-bond acceptors (Lipinski definition) is 8. The molecule has 0 N–H and O–H groups in total. The molecule has 5 aromatic rings. The van der Waals surface area contributed by atoms with E-state index < -0.39 is 0 Å². The summed E-state index contributed by atoms with van der Waals surface area (Å²) in [6, 6.07) is 25.9. The van der Waals surface area contributed by atoms with Crippen molar-refractivity contribution in [3.63, 3.8) is 0 Å². The van der Waals surface area contributed by atoms with Gasteiger partial charge in [0.05, 0.1) is 50.7 Å². The van der Waals surface area contributed by atoms with Crippen molar-refractivity contribution in [2.24, 2.45) is 23.7 Å². The highest BCUT2D eigenvalue weighted by atomic mass is 16.5. The fourth-order valence-corrected chi connectivity index (χ4v) is 10.4. The van der Waals surface area contributed by atoms with Gasteiger partial charge in [0.15, 0.2) is 0 Å². The topological polar surface area (TPSA) is 69.2 Å². The summed E-state index contributed by atoms with van der Waals surface area (Å²) in [5.74, 6) is 3.97. The molecule has 11 rings (SSSR count). The number of pyridine rings is 2. The van der Waals surface area contributed by atoms with E-state index in [4.69, 9.17) is 28.9 Å². The summed E-state index contributed by atoms with van der Waals surface area (Å²) >= 11 is 0. The van der Waals surface area contributed by atoms with Gasteiger partial charge >= 0.3 is 0 Å². The Morgan fingerprint density at radius 2 is 1.14 bits per heavy atom. The molecule has 6 saturated heterocycles. The average Bonchev–Trinajstić information content (AvgIpc) is 3.26. The second-order valence-electron chi connectivity index (χ2n) is 16.3. The van der Waals surface area contributed by atoms with E-state index in [1.54, 1.807) is 14.2 Å². The molecule has 3 aromatic carbocycles. The highest BCUT2D eigenvalue weighted by molar-refractivity contribution is 5.84. The maximum atomic E-state index is 7.12. The lowest BCUT2D eigenvalue weighted by Gasteiger charge is -2.51. The van der Waals surface area contributed by atoms with E-state index in [2.05, 4.69) is 83.6 Å². The van der Waals surface area contributed by atoms with Gasteiger partial charge < -0.3 is 18.9 Å². The molecule has 0 aliphatic carbocycles. The van der Waals surface area contributed by atoms with Crippen LogP contribution < -0.4 is 9.47 Å². The van der Waals surface area contributed by atoms with E-state index >= 15 is 0 Å². The van der Waals surface area contributed by atoms with E-state index in [0.717, 1.165) is 83.5 Å². The van der Waals surface area contributed by atoms with Crippen molar-refractivity contribution in [2.75, 3.05) is 40.4 Å². The fraction of sp³-hybridized carbons (Fsp3) is 0.417. The van der Waals surface area contributed by atoms with E-state index in [1.807, 2.05) is 36.7 Å². The monoisotopic (exact) mass is 750 g/mol. The Kier molecular flexibility index (Phi) is 10.6. The van der Waals surface area contributed by atoms with Gasteiger partial charge in [-0.2, -0.15) is 0 Å². The van der Waals surface area contributed by atoms with Crippen LogP contribution in [-0.4, -0.2) is 72.3 Å². The van der Waals surface area contributed by atoms with Crippen molar-refractivity contribution in [2.45, 2.75) is 63.2 Å². The van der Waals surface area contributed by atoms with Crippen molar-refractivity contribution in [3.05, 3.63) is 133 Å². The van der Waals surface area contributed by atoms with E-state index in [0.29, 0.717) is 36.9 Å². The Labute approximate surface area is 331 Å². The summed E-state index contributed by atoms with van der Waals surface area (Å²) in [6.07, 6.45) is 12.5. The van der Waals surface area contributed by atoms with Gasteiger partial charge in [0, 0.05) is 48.3 Å². The minimum atomic E-state index is -0.127. The third-order valence-electron chi connectivity index (χ3n) is 13.4. The molecule has 4 bridgehead atoms. The minimum Gasteiger partial charge on any atom is -0.497 e. The SMILES string of the molecule is C=C[C@H]1CN2CC[C@H]1C[C@@H]2[C@@H](OCc1cccc(CO[C@@H](c2ccnc3ccc(OC)cc23)[C@H]2C[C@@H]3CCN2C[C@@H]3C=C)c1)c1ccnc2ccc(OC)cc12. The summed E-state index contributed by atoms with van der Waals surface area (Å²) in [5, 5.41) is 2.17. The molecule has 290 valence electrons. The van der Waals surface area contributed by atoms with E-state index in [1.165, 1.54) is 24.0 Å². The Hall–Kier alpha value is -4.60. The number of nitrogens with zero attached hydrogens (tertiary/aromatic N) is 4. The first-order valence-electron chi connectivity index (χ1n) is 20.4. The number of piperidine rings is 6. The Bertz CT molecular complexity index is 2060. The van der Waals surface area contributed by atoms with Gasteiger partial charge in [-0.05, 0) is 133 Å². The van der Waals surface area contributed by atoms with Crippen molar-refractivity contribution < 1.29 is 18.9 Å². The zero-order valence-electron chi connectivity index (χ0n) is 32.8. The van der Waals surface area contributed by atoms with E-state index in [9.17, 15) is 0 Å². The number of aromatic nitrogens is 2.